The molecule has 1 saturated heterocycles. The smallest absolute Gasteiger partial charge is 0.490 e. The third-order valence-electron chi connectivity index (χ3n) is 5.64. The maximum Gasteiger partial charge on any atom is 0.573 e. The van der Waals surface area contributed by atoms with Crippen LogP contribution in [0.3, 0.4) is 0 Å². The number of anilines is 1. The van der Waals surface area contributed by atoms with Crippen molar-refractivity contribution in [1.82, 2.24) is 10.6 Å². The zero-order chi connectivity index (χ0) is 25.9. The molecule has 0 saturated carbocycles. The number of halogens is 4. The molecule has 192 valence electrons. The predicted molar refractivity (Wildman–Crippen MR) is 122 cm³/mol. The quantitative estimate of drug-likeness (QED) is 0.551. The lowest BCUT2D eigenvalue weighted by molar-refractivity contribution is -0.274. The van der Waals surface area contributed by atoms with Crippen molar-refractivity contribution in [3.63, 3.8) is 0 Å². The van der Waals surface area contributed by atoms with E-state index in [2.05, 4.69) is 20.5 Å². The maximum atomic E-state index is 14.3. The summed E-state index contributed by atoms with van der Waals surface area (Å²) in [4.78, 5) is 24.1. The monoisotopic (exact) mass is 508 g/mol. The third kappa shape index (κ3) is 6.04. The zero-order valence-corrected chi connectivity index (χ0v) is 19.3. The van der Waals surface area contributed by atoms with Gasteiger partial charge in [-0.25, -0.2) is 4.39 Å². The minimum Gasteiger partial charge on any atom is -0.490 e. The van der Waals surface area contributed by atoms with Crippen LogP contribution in [0.25, 0.3) is 0 Å². The van der Waals surface area contributed by atoms with E-state index in [4.69, 9.17) is 4.74 Å². The molecule has 0 spiro atoms. The normalized spacial score (nSPS) is 19.6. The van der Waals surface area contributed by atoms with E-state index < -0.39 is 35.8 Å². The van der Waals surface area contributed by atoms with Crippen LogP contribution in [0.4, 0.5) is 23.2 Å². The lowest BCUT2D eigenvalue weighted by Crippen LogP contribution is -2.36. The fourth-order valence-corrected chi connectivity index (χ4v) is 3.99. The van der Waals surface area contributed by atoms with Crippen molar-refractivity contribution in [2.75, 3.05) is 18.2 Å². The Kier molecular flexibility index (Phi) is 7.32. The molecular formula is C24H24F4N4O4. The van der Waals surface area contributed by atoms with Gasteiger partial charge in [0.25, 0.3) is 0 Å². The van der Waals surface area contributed by atoms with Crippen LogP contribution in [0.2, 0.25) is 0 Å². The minimum absolute atomic E-state index is 0.00508. The van der Waals surface area contributed by atoms with E-state index in [-0.39, 0.29) is 36.9 Å². The predicted octanol–water partition coefficient (Wildman–Crippen LogP) is 4.03. The summed E-state index contributed by atoms with van der Waals surface area (Å²) in [5.41, 5.74) is 0.847. The first-order valence-corrected chi connectivity index (χ1v) is 11.3. The Morgan fingerprint density at radius 2 is 2.03 bits per heavy atom. The Morgan fingerprint density at radius 1 is 1.22 bits per heavy atom. The summed E-state index contributed by atoms with van der Waals surface area (Å²) >= 11 is 0. The number of alkyl halides is 3. The number of hydrazone groups is 1. The average molecular weight is 508 g/mol. The fourth-order valence-electron chi connectivity index (χ4n) is 3.99. The van der Waals surface area contributed by atoms with Gasteiger partial charge < -0.3 is 20.1 Å². The molecule has 1 unspecified atom stereocenters. The van der Waals surface area contributed by atoms with Gasteiger partial charge >= 0.3 is 6.36 Å². The molecule has 0 radical (unpaired) electrons. The molecule has 2 heterocycles. The summed E-state index contributed by atoms with van der Waals surface area (Å²) in [6.45, 7) is 2.37. The van der Waals surface area contributed by atoms with Crippen molar-refractivity contribution in [3.8, 4) is 11.5 Å². The Bertz CT molecular complexity index is 1170. The van der Waals surface area contributed by atoms with Crippen molar-refractivity contribution in [3.05, 3.63) is 53.8 Å². The standard InChI is InChI=1S/C24H24F4N4O4/c1-2-8-35-20-11-16(6-7-18(20)25)32-19(14-4-3-5-17(9-14)36-24(26,27)28)12-21(31-32)30-23(34)15-10-22(33)29-13-15/h3-7,9,11,15,19H,2,8,10,12-13H2,1H3,(H,29,33)(H,30,31,34)/t15-,19?/m0/s1. The Balaban J connectivity index is 1.64. The molecule has 0 aromatic heterocycles. The topological polar surface area (TPSA) is 92.3 Å². The molecule has 2 N–H and O–H groups in total. The molecule has 2 aromatic rings. The number of amidine groups is 1. The molecule has 0 bridgehead atoms. The molecule has 2 aliphatic heterocycles. The van der Waals surface area contributed by atoms with E-state index in [1.807, 2.05) is 6.92 Å². The van der Waals surface area contributed by atoms with Crippen LogP contribution in [0.5, 0.6) is 11.5 Å². The van der Waals surface area contributed by atoms with Gasteiger partial charge in [0.1, 0.15) is 11.6 Å². The molecule has 8 nitrogen and oxygen atoms in total. The highest BCUT2D eigenvalue weighted by Gasteiger charge is 2.35. The molecule has 1 fully saturated rings. The molecule has 2 atom stereocenters. The second kappa shape index (κ2) is 10.4. The molecule has 0 aliphatic carbocycles. The highest BCUT2D eigenvalue weighted by atomic mass is 19.4. The van der Waals surface area contributed by atoms with Gasteiger partial charge in [-0.1, -0.05) is 19.1 Å². The van der Waals surface area contributed by atoms with Crippen LogP contribution in [0, 0.1) is 11.7 Å². The largest absolute Gasteiger partial charge is 0.573 e. The van der Waals surface area contributed by atoms with Gasteiger partial charge in [-0.2, -0.15) is 5.10 Å². The molecule has 36 heavy (non-hydrogen) atoms. The molecule has 4 rings (SSSR count). The number of ether oxygens (including phenoxy) is 2. The number of amides is 2. The lowest BCUT2D eigenvalue weighted by atomic mass is 10.0. The highest BCUT2D eigenvalue weighted by molar-refractivity contribution is 6.02. The van der Waals surface area contributed by atoms with Gasteiger partial charge in [-0.15, -0.1) is 13.2 Å². The summed E-state index contributed by atoms with van der Waals surface area (Å²) in [6.07, 6.45) is -4.01. The Hall–Kier alpha value is -3.83. The van der Waals surface area contributed by atoms with Gasteiger partial charge in [0.15, 0.2) is 11.6 Å². The van der Waals surface area contributed by atoms with Crippen molar-refractivity contribution in [2.24, 2.45) is 11.0 Å². The van der Waals surface area contributed by atoms with Crippen LogP contribution in [0.1, 0.15) is 37.8 Å². The van der Waals surface area contributed by atoms with Crippen molar-refractivity contribution < 1.29 is 36.6 Å². The van der Waals surface area contributed by atoms with Gasteiger partial charge in [0.2, 0.25) is 11.8 Å². The summed E-state index contributed by atoms with van der Waals surface area (Å²) < 4.78 is 62.1. The van der Waals surface area contributed by atoms with Crippen molar-refractivity contribution >= 4 is 23.3 Å². The second-order valence-corrected chi connectivity index (χ2v) is 8.39. The zero-order valence-electron chi connectivity index (χ0n) is 19.3. The van der Waals surface area contributed by atoms with E-state index in [1.165, 1.54) is 41.4 Å². The van der Waals surface area contributed by atoms with Crippen LogP contribution < -0.4 is 25.1 Å². The first-order chi connectivity index (χ1) is 17.1. The fraction of sp³-hybridized carbons (Fsp3) is 0.375. The summed E-state index contributed by atoms with van der Waals surface area (Å²) in [5.74, 6) is -1.89. The van der Waals surface area contributed by atoms with E-state index in [0.29, 0.717) is 24.3 Å². The summed E-state index contributed by atoms with van der Waals surface area (Å²) in [6, 6.07) is 8.93. The number of benzene rings is 2. The van der Waals surface area contributed by atoms with E-state index >= 15 is 0 Å². The number of carbonyl (C=O) groups excluding carboxylic acids is 2. The van der Waals surface area contributed by atoms with Crippen LogP contribution in [0.15, 0.2) is 47.6 Å². The first-order valence-electron chi connectivity index (χ1n) is 11.3. The van der Waals surface area contributed by atoms with Gasteiger partial charge in [-0.05, 0) is 36.2 Å². The summed E-state index contributed by atoms with van der Waals surface area (Å²) in [7, 11) is 0. The number of nitrogens with one attached hydrogen (secondary N) is 2. The van der Waals surface area contributed by atoms with Crippen molar-refractivity contribution in [1.29, 1.82) is 0 Å². The number of rotatable bonds is 7. The van der Waals surface area contributed by atoms with E-state index in [0.717, 1.165) is 0 Å². The molecule has 2 amide bonds. The highest BCUT2D eigenvalue weighted by Crippen LogP contribution is 2.38. The molecular weight excluding hydrogens is 484 g/mol. The number of hydrogen-bond donors (Lipinski definition) is 2. The number of nitrogens with zero attached hydrogens (tertiary/aromatic N) is 2. The first kappa shape index (κ1) is 25.3. The number of carbonyl (C=O) groups is 2. The van der Waals surface area contributed by atoms with Gasteiger partial charge in [-0.3, -0.25) is 14.6 Å². The SMILES string of the molecule is CCCOc1cc(N2N=C(NC(=O)[C@@H]3CNC(=O)C3)CC2c2cccc(OC(F)(F)F)c2)ccc1F. The van der Waals surface area contributed by atoms with Crippen LogP contribution >= 0.6 is 0 Å². The third-order valence-corrected chi connectivity index (χ3v) is 5.64. The minimum atomic E-state index is -4.86. The summed E-state index contributed by atoms with van der Waals surface area (Å²) in [5, 5.41) is 11.3. The van der Waals surface area contributed by atoms with Gasteiger partial charge in [0, 0.05) is 25.5 Å². The molecule has 2 aromatic carbocycles. The van der Waals surface area contributed by atoms with Crippen molar-refractivity contribution in [2.45, 2.75) is 38.6 Å². The van der Waals surface area contributed by atoms with Crippen LogP contribution in [-0.2, 0) is 9.59 Å². The Morgan fingerprint density at radius 3 is 2.72 bits per heavy atom. The number of hydrogen-bond acceptors (Lipinski definition) is 6. The van der Waals surface area contributed by atoms with Crippen LogP contribution in [-0.4, -0.2) is 37.2 Å². The van der Waals surface area contributed by atoms with E-state index in [1.54, 1.807) is 6.07 Å². The second-order valence-electron chi connectivity index (χ2n) is 8.39. The van der Waals surface area contributed by atoms with E-state index in [9.17, 15) is 27.2 Å². The van der Waals surface area contributed by atoms with Gasteiger partial charge in [0.05, 0.1) is 24.3 Å². The molecule has 2 aliphatic rings. The lowest BCUT2D eigenvalue weighted by Gasteiger charge is -2.25. The average Bonchev–Trinajstić information content (AvgIpc) is 3.44. The maximum absolute atomic E-state index is 14.3. The Labute approximate surface area is 204 Å². The molecule has 12 heteroatoms.